The maximum absolute atomic E-state index is 2.69. The number of para-hydroxylation sites is 2. The lowest BCUT2D eigenvalue weighted by Gasteiger charge is -2.43. The Labute approximate surface area is 310 Å². The second-order valence-corrected chi connectivity index (χ2v) is 20.4. The summed E-state index contributed by atoms with van der Waals surface area (Å²) in [5.41, 5.74) is 16.0. The minimum Gasteiger partial charge on any atom is -0.313 e. The van der Waals surface area contributed by atoms with Crippen LogP contribution in [0.1, 0.15) is 35.4 Å². The molecule has 6 aromatic carbocycles. The summed E-state index contributed by atoms with van der Waals surface area (Å²) < 4.78 is 5.34. The fourth-order valence-electron chi connectivity index (χ4n) is 10.9. The molecule has 0 N–H and O–H groups in total. The van der Waals surface area contributed by atoms with Crippen molar-refractivity contribution in [2.24, 2.45) is 0 Å². The van der Waals surface area contributed by atoms with E-state index in [-0.39, 0.29) is 6.71 Å². The van der Waals surface area contributed by atoms with Crippen molar-refractivity contribution in [3.63, 3.8) is 0 Å². The predicted octanol–water partition coefficient (Wildman–Crippen LogP) is 6.95. The molecule has 2 aliphatic carbocycles. The maximum atomic E-state index is 2.69. The SMILES string of the molecule is C[Si]1(c2ccccc2)c2ccccc2B2c3cc(-n4c5c(c6ccccc64)CCC5)cc(-n4c5c(c6ccccc64)CCC5)c3Sc3cccc1c32. The molecule has 0 radical (unpaired) electrons. The van der Waals surface area contributed by atoms with Crippen LogP contribution in [0.15, 0.2) is 143 Å². The van der Waals surface area contributed by atoms with Gasteiger partial charge in [0, 0.05) is 37.6 Å². The summed E-state index contributed by atoms with van der Waals surface area (Å²) in [6.45, 7) is 2.77. The number of aromatic nitrogens is 2. The number of fused-ring (bicyclic) bond motifs is 10. The summed E-state index contributed by atoms with van der Waals surface area (Å²) in [6.07, 6.45) is 7.05. The van der Waals surface area contributed by atoms with Crippen molar-refractivity contribution in [2.45, 2.75) is 54.9 Å². The van der Waals surface area contributed by atoms with Crippen molar-refractivity contribution >= 4 is 80.3 Å². The van der Waals surface area contributed by atoms with E-state index in [1.54, 1.807) is 27.0 Å². The molecule has 2 nitrogen and oxygen atoms in total. The summed E-state index contributed by atoms with van der Waals surface area (Å²) in [7, 11) is -2.29. The van der Waals surface area contributed by atoms with Crippen LogP contribution in [0.5, 0.6) is 0 Å². The average molecular weight is 701 g/mol. The van der Waals surface area contributed by atoms with Gasteiger partial charge in [-0.25, -0.2) is 0 Å². The van der Waals surface area contributed by atoms with Gasteiger partial charge in [-0.3, -0.25) is 0 Å². The quantitative estimate of drug-likeness (QED) is 0.182. The van der Waals surface area contributed by atoms with Crippen LogP contribution < -0.4 is 31.9 Å². The topological polar surface area (TPSA) is 9.86 Å². The smallest absolute Gasteiger partial charge is 0.244 e. The molecule has 0 saturated carbocycles. The molecule has 0 amide bonds. The molecule has 0 spiro atoms. The van der Waals surface area contributed by atoms with Gasteiger partial charge in [0.25, 0.3) is 0 Å². The molecule has 52 heavy (non-hydrogen) atoms. The third kappa shape index (κ3) is 3.78. The Bertz CT molecular complexity index is 2810. The Balaban J connectivity index is 1.21. The molecule has 2 aliphatic heterocycles. The highest BCUT2D eigenvalue weighted by atomic mass is 32.2. The Hall–Kier alpha value is -4.97. The van der Waals surface area contributed by atoms with Crippen LogP contribution in [0.2, 0.25) is 6.55 Å². The van der Waals surface area contributed by atoms with Gasteiger partial charge in [-0.15, -0.1) is 0 Å². The van der Waals surface area contributed by atoms with E-state index in [2.05, 4.69) is 149 Å². The normalized spacial score (nSPS) is 18.0. The number of hydrogen-bond acceptors (Lipinski definition) is 1. The van der Waals surface area contributed by atoms with Crippen molar-refractivity contribution in [3.05, 3.63) is 156 Å². The monoisotopic (exact) mass is 700 g/mol. The fraction of sp³-hybridized carbons (Fsp3) is 0.149. The summed E-state index contributed by atoms with van der Waals surface area (Å²) in [6, 6.07) is 51.7. The van der Waals surface area contributed by atoms with Crippen LogP contribution in [0, 0.1) is 0 Å². The molecule has 2 aromatic heterocycles. The van der Waals surface area contributed by atoms with Crippen molar-refractivity contribution in [2.75, 3.05) is 0 Å². The zero-order valence-corrected chi connectivity index (χ0v) is 31.1. The standard InChI is InChI=1S/C47H37BN2SSi/c1-52(31-14-3-2-4-15-31)44-26-10-7-20-36(44)48-37-28-30(49-38-21-8-5-16-32(38)34-18-11-23-39(34)49)29-42(47(37)51-43-25-13-27-45(52)46(43)48)50-40-22-9-6-17-33(40)35-19-12-24-41(35)50/h2-10,13-17,20-22,25-29H,11-12,18-19,23-24H2,1H3. The van der Waals surface area contributed by atoms with Crippen LogP contribution in [0.3, 0.4) is 0 Å². The van der Waals surface area contributed by atoms with Crippen LogP contribution in [0.25, 0.3) is 33.2 Å². The first kappa shape index (κ1) is 29.6. The van der Waals surface area contributed by atoms with E-state index < -0.39 is 8.07 Å². The van der Waals surface area contributed by atoms with Gasteiger partial charge in [0.2, 0.25) is 6.71 Å². The molecule has 0 bridgehead atoms. The maximum Gasteiger partial charge on any atom is 0.244 e. The number of benzene rings is 6. The van der Waals surface area contributed by atoms with E-state index >= 15 is 0 Å². The molecule has 5 heteroatoms. The largest absolute Gasteiger partial charge is 0.313 e. The van der Waals surface area contributed by atoms with Gasteiger partial charge < -0.3 is 9.13 Å². The van der Waals surface area contributed by atoms with E-state index in [1.807, 2.05) is 11.8 Å². The first-order chi connectivity index (χ1) is 25.7. The highest BCUT2D eigenvalue weighted by Crippen LogP contribution is 2.43. The molecular formula is C47H37BN2SSi. The Kier molecular flexibility index (Phi) is 6.14. The molecule has 1 unspecified atom stereocenters. The minimum atomic E-state index is -2.29. The van der Waals surface area contributed by atoms with Gasteiger partial charge in [0.1, 0.15) is 8.07 Å². The van der Waals surface area contributed by atoms with Crippen molar-refractivity contribution in [3.8, 4) is 11.4 Å². The predicted molar refractivity (Wildman–Crippen MR) is 223 cm³/mol. The number of nitrogens with zero attached hydrogens (tertiary/aromatic N) is 2. The van der Waals surface area contributed by atoms with E-state index in [4.69, 9.17) is 0 Å². The Morgan fingerprint density at radius 3 is 1.98 bits per heavy atom. The first-order valence-corrected chi connectivity index (χ1v) is 22.4. The van der Waals surface area contributed by atoms with Gasteiger partial charge in [0.05, 0.1) is 16.7 Å². The molecule has 248 valence electrons. The van der Waals surface area contributed by atoms with E-state index in [9.17, 15) is 0 Å². The lowest BCUT2D eigenvalue weighted by atomic mass is 9.36. The summed E-state index contributed by atoms with van der Waals surface area (Å²) in [5.74, 6) is 0. The van der Waals surface area contributed by atoms with Crippen molar-refractivity contribution < 1.29 is 0 Å². The third-order valence-corrected chi connectivity index (χ3v) is 18.8. The molecule has 0 fully saturated rings. The van der Waals surface area contributed by atoms with Crippen molar-refractivity contribution in [1.29, 1.82) is 0 Å². The molecule has 8 aromatic rings. The van der Waals surface area contributed by atoms with E-state index in [0.717, 1.165) is 12.8 Å². The van der Waals surface area contributed by atoms with Gasteiger partial charge in [-0.1, -0.05) is 148 Å². The first-order valence-electron chi connectivity index (χ1n) is 19.1. The van der Waals surface area contributed by atoms with Gasteiger partial charge in [0.15, 0.2) is 0 Å². The molecule has 4 heterocycles. The van der Waals surface area contributed by atoms with Crippen LogP contribution in [-0.2, 0) is 25.7 Å². The lowest BCUT2D eigenvalue weighted by Crippen LogP contribution is -2.82. The van der Waals surface area contributed by atoms with Crippen LogP contribution in [0.4, 0.5) is 0 Å². The second-order valence-electron chi connectivity index (χ2n) is 15.5. The van der Waals surface area contributed by atoms with Gasteiger partial charge in [-0.2, -0.15) is 0 Å². The lowest BCUT2D eigenvalue weighted by molar-refractivity contribution is 0.864. The Morgan fingerprint density at radius 2 is 1.21 bits per heavy atom. The molecule has 0 saturated heterocycles. The average Bonchev–Trinajstić information content (AvgIpc) is 3.99. The molecule has 1 atom stereocenters. The minimum absolute atomic E-state index is 0.173. The highest BCUT2D eigenvalue weighted by Gasteiger charge is 2.48. The molecule has 12 rings (SSSR count). The van der Waals surface area contributed by atoms with E-state index in [1.165, 1.54) is 96.2 Å². The highest BCUT2D eigenvalue weighted by molar-refractivity contribution is 8.00. The fourth-order valence-corrected chi connectivity index (χ4v) is 16.5. The van der Waals surface area contributed by atoms with Gasteiger partial charge >= 0.3 is 0 Å². The summed E-state index contributed by atoms with van der Waals surface area (Å²) >= 11 is 2.03. The number of hydrogen-bond donors (Lipinski definition) is 0. The number of rotatable bonds is 3. The summed E-state index contributed by atoms with van der Waals surface area (Å²) in [4.78, 5) is 2.84. The van der Waals surface area contributed by atoms with Crippen LogP contribution >= 0.6 is 11.8 Å². The summed E-state index contributed by atoms with van der Waals surface area (Å²) in [5, 5.41) is 7.47. The molecule has 4 aliphatic rings. The second kappa shape index (κ2) is 10.8. The van der Waals surface area contributed by atoms with E-state index in [0.29, 0.717) is 0 Å². The van der Waals surface area contributed by atoms with Crippen molar-refractivity contribution in [1.82, 2.24) is 9.13 Å². The third-order valence-electron chi connectivity index (χ3n) is 13.0. The Morgan fingerprint density at radius 1 is 0.577 bits per heavy atom. The molecular weight excluding hydrogens is 663 g/mol. The zero-order chi connectivity index (χ0) is 34.1. The van der Waals surface area contributed by atoms with Gasteiger partial charge in [-0.05, 0) is 85.2 Å². The van der Waals surface area contributed by atoms with Crippen LogP contribution in [-0.4, -0.2) is 23.9 Å². The zero-order valence-electron chi connectivity index (χ0n) is 29.3. The number of aryl methyl sites for hydroxylation is 2.